The van der Waals surface area contributed by atoms with E-state index in [2.05, 4.69) is 5.32 Å². The topological polar surface area (TPSA) is 73.9 Å². The standard InChI is InChI=1S/C18H26BNO5S/c1-7-23-16(22)15(21)14-9-8-13(26-14)10-12(11-20-6)19-24-17(2,3)18(4,5)25-19/h8-10,20H,7,11H2,1-6H3. The Hall–Kier alpha value is -1.48. The third kappa shape index (κ3) is 4.43. The molecule has 0 saturated carbocycles. The molecule has 1 saturated heterocycles. The highest BCUT2D eigenvalue weighted by atomic mass is 32.1. The molecule has 0 atom stereocenters. The smallest absolute Gasteiger partial charge is 0.460 e. The predicted octanol–water partition coefficient (Wildman–Crippen LogP) is 2.73. The number of thiophene rings is 1. The number of esters is 1. The van der Waals surface area contributed by atoms with Crippen molar-refractivity contribution in [3.8, 4) is 0 Å². The summed E-state index contributed by atoms with van der Waals surface area (Å²) in [4.78, 5) is 24.8. The first kappa shape index (κ1) is 20.8. The summed E-state index contributed by atoms with van der Waals surface area (Å²) in [6.07, 6.45) is 1.94. The van der Waals surface area contributed by atoms with Gasteiger partial charge < -0.3 is 19.4 Å². The van der Waals surface area contributed by atoms with E-state index in [-0.39, 0.29) is 6.61 Å². The SMILES string of the molecule is CCOC(=O)C(=O)c1ccc(C=C(CNC)B2OC(C)(C)C(C)(C)O2)s1. The van der Waals surface area contributed by atoms with Gasteiger partial charge in [0.05, 0.1) is 22.7 Å². The Kier molecular flexibility index (Phi) is 6.44. The summed E-state index contributed by atoms with van der Waals surface area (Å²) in [6, 6.07) is 3.44. The summed E-state index contributed by atoms with van der Waals surface area (Å²) in [5.41, 5.74) is 0.0683. The van der Waals surface area contributed by atoms with Crippen LogP contribution in [0.1, 0.15) is 49.2 Å². The lowest BCUT2D eigenvalue weighted by Gasteiger charge is -2.32. The second-order valence-corrected chi connectivity index (χ2v) is 8.20. The van der Waals surface area contributed by atoms with Crippen molar-refractivity contribution in [1.82, 2.24) is 5.32 Å². The summed E-state index contributed by atoms with van der Waals surface area (Å²) in [5.74, 6) is -1.45. The first-order chi connectivity index (χ1) is 12.1. The molecule has 1 fully saturated rings. The van der Waals surface area contributed by atoms with Crippen LogP contribution in [0, 0.1) is 0 Å². The minimum absolute atomic E-state index is 0.178. The average molecular weight is 379 g/mol. The van der Waals surface area contributed by atoms with E-state index >= 15 is 0 Å². The number of likely N-dealkylation sites (N-methyl/N-ethyl adjacent to an activating group) is 1. The van der Waals surface area contributed by atoms with Crippen LogP contribution in [0.5, 0.6) is 0 Å². The summed E-state index contributed by atoms with van der Waals surface area (Å²) >= 11 is 1.24. The van der Waals surface area contributed by atoms with Crippen LogP contribution in [-0.2, 0) is 18.8 Å². The van der Waals surface area contributed by atoms with Crippen molar-refractivity contribution in [3.63, 3.8) is 0 Å². The Morgan fingerprint density at radius 2 is 1.85 bits per heavy atom. The lowest BCUT2D eigenvalue weighted by molar-refractivity contribution is -0.137. The Morgan fingerprint density at radius 3 is 2.38 bits per heavy atom. The molecule has 0 radical (unpaired) electrons. The van der Waals surface area contributed by atoms with Gasteiger partial charge in [-0.2, -0.15) is 0 Å². The van der Waals surface area contributed by atoms with E-state index in [1.165, 1.54) is 11.3 Å². The number of carbonyl (C=O) groups excluding carboxylic acids is 2. The van der Waals surface area contributed by atoms with Crippen LogP contribution in [-0.4, -0.2) is 50.3 Å². The molecule has 142 valence electrons. The van der Waals surface area contributed by atoms with E-state index in [0.29, 0.717) is 11.4 Å². The lowest BCUT2D eigenvalue weighted by atomic mass is 9.77. The number of hydrogen-bond donors (Lipinski definition) is 1. The molecule has 1 aliphatic rings. The van der Waals surface area contributed by atoms with Gasteiger partial charge in [-0.3, -0.25) is 4.79 Å². The normalized spacial score (nSPS) is 18.8. The molecule has 1 aromatic rings. The van der Waals surface area contributed by atoms with Crippen LogP contribution >= 0.6 is 11.3 Å². The Bertz CT molecular complexity index is 694. The van der Waals surface area contributed by atoms with Gasteiger partial charge in [0.25, 0.3) is 5.78 Å². The number of ketones is 1. The molecule has 0 bridgehead atoms. The predicted molar refractivity (Wildman–Crippen MR) is 103 cm³/mol. The van der Waals surface area contributed by atoms with Gasteiger partial charge in [0.2, 0.25) is 0 Å². The molecule has 2 rings (SSSR count). The number of ether oxygens (including phenoxy) is 1. The van der Waals surface area contributed by atoms with Crippen molar-refractivity contribution in [3.05, 3.63) is 27.4 Å². The van der Waals surface area contributed by atoms with Gasteiger partial charge in [0.1, 0.15) is 0 Å². The molecule has 1 aromatic heterocycles. The maximum atomic E-state index is 12.0. The van der Waals surface area contributed by atoms with E-state index in [9.17, 15) is 9.59 Å². The highest BCUT2D eigenvalue weighted by Gasteiger charge is 2.52. The van der Waals surface area contributed by atoms with E-state index < -0.39 is 30.1 Å². The maximum absolute atomic E-state index is 12.0. The zero-order valence-corrected chi connectivity index (χ0v) is 17.0. The van der Waals surface area contributed by atoms with E-state index in [4.69, 9.17) is 14.0 Å². The van der Waals surface area contributed by atoms with E-state index in [1.807, 2.05) is 40.8 Å². The number of carbonyl (C=O) groups is 2. The van der Waals surface area contributed by atoms with Gasteiger partial charge >= 0.3 is 13.1 Å². The number of nitrogens with one attached hydrogen (secondary N) is 1. The molecule has 26 heavy (non-hydrogen) atoms. The third-order valence-corrected chi connectivity index (χ3v) is 5.61. The molecule has 8 heteroatoms. The minimum Gasteiger partial charge on any atom is -0.460 e. The molecule has 2 heterocycles. The van der Waals surface area contributed by atoms with Crippen molar-refractivity contribution in [2.75, 3.05) is 20.2 Å². The van der Waals surface area contributed by atoms with Crippen molar-refractivity contribution in [2.45, 2.75) is 45.8 Å². The second kappa shape index (κ2) is 8.04. The Labute approximate surface area is 159 Å². The molecule has 0 spiro atoms. The quantitative estimate of drug-likeness (QED) is 0.340. The molecule has 1 aliphatic heterocycles. The van der Waals surface area contributed by atoms with Crippen molar-refractivity contribution in [2.24, 2.45) is 0 Å². The maximum Gasteiger partial charge on any atom is 0.491 e. The van der Waals surface area contributed by atoms with Gasteiger partial charge in [-0.1, -0.05) is 0 Å². The molecular weight excluding hydrogens is 353 g/mol. The molecule has 6 nitrogen and oxygen atoms in total. The van der Waals surface area contributed by atoms with Crippen LogP contribution in [0.25, 0.3) is 6.08 Å². The van der Waals surface area contributed by atoms with Gasteiger partial charge in [-0.25, -0.2) is 4.79 Å². The second-order valence-electron chi connectivity index (χ2n) is 7.09. The first-order valence-electron chi connectivity index (χ1n) is 8.63. The van der Waals surface area contributed by atoms with Crippen LogP contribution in [0.2, 0.25) is 0 Å². The third-order valence-electron chi connectivity index (χ3n) is 4.58. The van der Waals surface area contributed by atoms with Crippen LogP contribution in [0.4, 0.5) is 0 Å². The molecular formula is C18H26BNO5S. The zero-order valence-electron chi connectivity index (χ0n) is 16.2. The summed E-state index contributed by atoms with van der Waals surface area (Å²) in [7, 11) is 1.38. The highest BCUT2D eigenvalue weighted by molar-refractivity contribution is 7.15. The van der Waals surface area contributed by atoms with Crippen molar-refractivity contribution >= 4 is 36.3 Å². The summed E-state index contributed by atoms with van der Waals surface area (Å²) in [6.45, 7) is 10.4. The lowest BCUT2D eigenvalue weighted by Crippen LogP contribution is -2.41. The molecule has 0 amide bonds. The van der Waals surface area contributed by atoms with E-state index in [0.717, 1.165) is 10.3 Å². The zero-order chi connectivity index (χ0) is 19.5. The van der Waals surface area contributed by atoms with Gasteiger partial charge in [-0.15, -0.1) is 11.3 Å². The van der Waals surface area contributed by atoms with Gasteiger partial charge in [-0.05, 0) is 65.3 Å². The monoisotopic (exact) mass is 379 g/mol. The van der Waals surface area contributed by atoms with Crippen LogP contribution in [0.15, 0.2) is 17.6 Å². The number of hydrogen-bond acceptors (Lipinski definition) is 7. The van der Waals surface area contributed by atoms with Gasteiger partial charge in [0, 0.05) is 11.4 Å². The number of rotatable bonds is 7. The largest absolute Gasteiger partial charge is 0.491 e. The van der Waals surface area contributed by atoms with Crippen LogP contribution in [0.3, 0.4) is 0 Å². The van der Waals surface area contributed by atoms with E-state index in [1.54, 1.807) is 19.1 Å². The fourth-order valence-corrected chi connectivity index (χ4v) is 3.35. The Balaban J connectivity index is 2.22. The minimum atomic E-state index is -0.828. The fourth-order valence-electron chi connectivity index (χ4n) is 2.43. The molecule has 0 aromatic carbocycles. The van der Waals surface area contributed by atoms with Crippen LogP contribution < -0.4 is 5.32 Å². The molecule has 0 unspecified atom stereocenters. The summed E-state index contributed by atoms with van der Waals surface area (Å²) < 4.78 is 17.0. The van der Waals surface area contributed by atoms with Crippen molar-refractivity contribution in [1.29, 1.82) is 0 Å². The highest BCUT2D eigenvalue weighted by Crippen LogP contribution is 2.39. The number of Topliss-reactive ketones (excluding diaryl/α,β-unsaturated/α-hetero) is 1. The summed E-state index contributed by atoms with van der Waals surface area (Å²) in [5, 5.41) is 3.12. The first-order valence-corrected chi connectivity index (χ1v) is 9.45. The van der Waals surface area contributed by atoms with Crippen molar-refractivity contribution < 1.29 is 23.6 Å². The molecule has 1 N–H and O–H groups in total. The van der Waals surface area contributed by atoms with Gasteiger partial charge in [0.15, 0.2) is 0 Å². The molecule has 0 aliphatic carbocycles. The average Bonchev–Trinajstić information content (AvgIpc) is 3.09. The fraction of sp³-hybridized carbons (Fsp3) is 0.556. The Morgan fingerprint density at radius 1 is 1.23 bits per heavy atom.